The molecular weight excluding hydrogens is 178 g/mol. The quantitative estimate of drug-likeness (QED) is 0.316. The number of rotatable bonds is 1. The molecule has 0 amide bonds. The van der Waals surface area contributed by atoms with Gasteiger partial charge in [-0.15, -0.1) is 12.6 Å². The Kier molecular flexibility index (Phi) is 22.3. The van der Waals surface area contributed by atoms with Crippen LogP contribution in [0.15, 0.2) is 0 Å². The molecule has 0 aliphatic carbocycles. The van der Waals surface area contributed by atoms with Crippen LogP contribution in [0.4, 0.5) is 0 Å². The molecule has 0 aromatic carbocycles. The number of carbonyl (C=O) groups is 1. The Morgan fingerprint density at radius 1 is 1.75 bits per heavy atom. The Labute approximate surface area is 142 Å². The van der Waals surface area contributed by atoms with E-state index in [0.29, 0.717) is 0 Å². The van der Waals surface area contributed by atoms with Crippen LogP contribution in [-0.2, 0) is 4.79 Å². The van der Waals surface area contributed by atoms with Crippen molar-refractivity contribution in [3.05, 3.63) is 0 Å². The molecule has 0 aromatic heterocycles. The third-order valence-corrected chi connectivity index (χ3v) is 0.731. The molecule has 0 spiro atoms. The van der Waals surface area contributed by atoms with E-state index >= 15 is 0 Å². The first-order valence-corrected chi connectivity index (χ1v) is 2.00. The Morgan fingerprint density at radius 3 is 1.88 bits per heavy atom. The topological polar surface area (TPSA) is 37.3 Å². The van der Waals surface area contributed by atoms with E-state index < -0.39 is 11.2 Å². The molecule has 0 saturated carbocycles. The largest absolute Gasteiger partial charge is 1.00 e. The minimum atomic E-state index is -0.923. The van der Waals surface area contributed by atoms with Gasteiger partial charge in [-0.3, -0.25) is 4.79 Å². The summed E-state index contributed by atoms with van der Waals surface area (Å²) in [7, 11) is 0. The maximum atomic E-state index is 9.76. The summed E-state index contributed by atoms with van der Waals surface area (Å²) in [4.78, 5) is 9.76. The van der Waals surface area contributed by atoms with E-state index in [-0.39, 0.29) is 106 Å². The van der Waals surface area contributed by atoms with Crippen molar-refractivity contribution in [2.24, 2.45) is 0 Å². The van der Waals surface area contributed by atoms with Crippen molar-refractivity contribution in [3.8, 4) is 0 Å². The predicted molar refractivity (Wildman–Crippen MR) is 27.9 cm³/mol. The molecule has 2 nitrogen and oxygen atoms in total. The Hall–Kier alpha value is 3.25. The van der Waals surface area contributed by atoms with Crippen LogP contribution < -0.4 is 103 Å². The fourth-order valence-corrected chi connectivity index (χ4v) is 0. The van der Waals surface area contributed by atoms with Gasteiger partial charge in [0.2, 0.25) is 5.12 Å². The number of hydrogen-bond acceptors (Lipinski definition) is 2. The molecule has 40 valence electrons. The van der Waals surface area contributed by atoms with Gasteiger partial charge in [0.25, 0.3) is 0 Å². The Morgan fingerprint density at radius 2 is 1.88 bits per heavy atom. The molecule has 0 aliphatic rings. The number of thiol groups is 1. The van der Waals surface area contributed by atoms with Gasteiger partial charge in [0.1, 0.15) is 6.10 Å². The average Bonchev–Trinajstić information content (AvgIpc) is 1.36. The van der Waals surface area contributed by atoms with Crippen LogP contribution in [0.3, 0.4) is 0 Å². The van der Waals surface area contributed by atoms with Gasteiger partial charge < -0.3 is 7.96 Å². The first kappa shape index (κ1) is 17.4. The van der Waals surface area contributed by atoms with E-state index in [2.05, 4.69) is 12.6 Å². The van der Waals surface area contributed by atoms with Crippen molar-refractivity contribution in [2.75, 3.05) is 0 Å². The van der Waals surface area contributed by atoms with Crippen LogP contribution in [0.2, 0.25) is 0 Å². The number of carbonyl (C=O) groups excluding carboxylic acids is 1. The van der Waals surface area contributed by atoms with Gasteiger partial charge in [-0.25, -0.2) is 0 Å². The van der Waals surface area contributed by atoms with Crippen LogP contribution >= 0.6 is 12.6 Å². The predicted octanol–water partition coefficient (Wildman–Crippen LogP) is -5.94. The number of aliphatic hydroxyl groups is 1. The zero-order valence-corrected chi connectivity index (χ0v) is 12.5. The van der Waals surface area contributed by atoms with Crippen LogP contribution in [0, 0.1) is 0 Å². The second-order valence-corrected chi connectivity index (χ2v) is 1.45. The number of aliphatic hydroxyl groups excluding tert-OH is 1. The van der Waals surface area contributed by atoms with Gasteiger partial charge in [-0.05, 0) is 6.92 Å². The monoisotopic (exact) mass is 186 g/mol. The third-order valence-electron chi connectivity index (χ3n) is 0.357. The molecule has 0 radical (unpaired) electrons. The summed E-state index contributed by atoms with van der Waals surface area (Å²) in [6.07, 6.45) is -0.923. The third kappa shape index (κ3) is 12.0. The molecule has 0 aromatic rings. The van der Waals surface area contributed by atoms with Crippen molar-refractivity contribution < 1.29 is 116 Å². The summed E-state index contributed by atoms with van der Waals surface area (Å²) in [6.45, 7) is 1.37. The smallest absolute Gasteiger partial charge is 1.00 e. The van der Waals surface area contributed by atoms with Gasteiger partial charge >= 0.3 is 103 Å². The zero-order chi connectivity index (χ0) is 5.15. The molecule has 5 heteroatoms. The van der Waals surface area contributed by atoms with Gasteiger partial charge in [0.15, 0.2) is 0 Å². The molecule has 8 heavy (non-hydrogen) atoms. The molecule has 0 saturated heterocycles. The van der Waals surface area contributed by atoms with E-state index in [1.54, 1.807) is 0 Å². The number of hydrogen-bond donors (Lipinski definition) is 2. The Bertz CT molecular complexity index is 73.5. The summed E-state index contributed by atoms with van der Waals surface area (Å²) < 4.78 is 0. The van der Waals surface area contributed by atoms with E-state index in [9.17, 15) is 4.79 Å². The first-order valence-electron chi connectivity index (χ1n) is 1.55. The fraction of sp³-hybridized carbons (Fsp3) is 0.667. The molecule has 0 bridgehead atoms. The Balaban J connectivity index is -0.0000000208. The van der Waals surface area contributed by atoms with Gasteiger partial charge in [-0.2, -0.15) is 0 Å². The standard InChI is InChI=1S/C3H6O2S.2K.2H/c1-2(4)3(5)6;;;;/h2,4H,1H3,(H,5,6);;;;/q;2*+1;2*-1. The van der Waals surface area contributed by atoms with Crippen LogP contribution in [0.1, 0.15) is 9.78 Å². The summed E-state index contributed by atoms with van der Waals surface area (Å²) in [5.74, 6) is 0. The summed E-state index contributed by atoms with van der Waals surface area (Å²) in [5.41, 5.74) is 0. The molecule has 0 rings (SSSR count). The molecule has 1 unspecified atom stereocenters. The van der Waals surface area contributed by atoms with E-state index in [4.69, 9.17) is 5.11 Å². The van der Waals surface area contributed by atoms with E-state index in [1.165, 1.54) is 6.92 Å². The maximum Gasteiger partial charge on any atom is 1.00 e. The van der Waals surface area contributed by atoms with Gasteiger partial charge in [0.05, 0.1) is 0 Å². The normalized spacial score (nSPS) is 10.4. The second-order valence-electron chi connectivity index (χ2n) is 1.01. The minimum Gasteiger partial charge on any atom is -1.00 e. The van der Waals surface area contributed by atoms with E-state index in [0.717, 1.165) is 0 Å². The molecular formula is C3H8K2O2S. The van der Waals surface area contributed by atoms with Crippen molar-refractivity contribution in [3.63, 3.8) is 0 Å². The SMILES string of the molecule is CC(O)C(=O)S.[H-].[H-].[K+].[K+]. The molecule has 0 heterocycles. The van der Waals surface area contributed by atoms with Gasteiger partial charge in [0, 0.05) is 0 Å². The van der Waals surface area contributed by atoms with Crippen molar-refractivity contribution in [1.29, 1.82) is 0 Å². The summed E-state index contributed by atoms with van der Waals surface area (Å²) in [5, 5.41) is 7.71. The molecule has 1 atom stereocenters. The molecule has 1 N–H and O–H groups in total. The fourth-order valence-electron chi connectivity index (χ4n) is 0. The maximum absolute atomic E-state index is 9.76. The molecule has 0 aliphatic heterocycles. The van der Waals surface area contributed by atoms with Crippen molar-refractivity contribution in [1.82, 2.24) is 0 Å². The zero-order valence-electron chi connectivity index (χ0n) is 7.38. The first-order chi connectivity index (χ1) is 2.64. The van der Waals surface area contributed by atoms with Crippen LogP contribution in [0.5, 0.6) is 0 Å². The van der Waals surface area contributed by atoms with Crippen LogP contribution in [0.25, 0.3) is 0 Å². The second kappa shape index (κ2) is 10.3. The van der Waals surface area contributed by atoms with Crippen LogP contribution in [-0.4, -0.2) is 16.3 Å². The summed E-state index contributed by atoms with van der Waals surface area (Å²) >= 11 is 3.30. The molecule has 0 fully saturated rings. The average molecular weight is 186 g/mol. The summed E-state index contributed by atoms with van der Waals surface area (Å²) in [6, 6.07) is 0. The van der Waals surface area contributed by atoms with Crippen molar-refractivity contribution in [2.45, 2.75) is 13.0 Å². The van der Waals surface area contributed by atoms with Crippen molar-refractivity contribution >= 4 is 17.7 Å². The van der Waals surface area contributed by atoms with E-state index in [1.807, 2.05) is 0 Å². The minimum absolute atomic E-state index is 0. The van der Waals surface area contributed by atoms with Gasteiger partial charge in [-0.1, -0.05) is 0 Å².